The summed E-state index contributed by atoms with van der Waals surface area (Å²) in [5.41, 5.74) is 0. The Morgan fingerprint density at radius 2 is 1.85 bits per heavy atom. The summed E-state index contributed by atoms with van der Waals surface area (Å²) in [6.07, 6.45) is 3.76. The van der Waals surface area contributed by atoms with Crippen LogP contribution in [0.3, 0.4) is 0 Å². The van der Waals surface area contributed by atoms with Gasteiger partial charge in [-0.25, -0.2) is 9.97 Å². The Hall–Kier alpha value is -2.11. The fraction of sp³-hybridized carbons (Fsp3) is 0.500. The van der Waals surface area contributed by atoms with Crippen LogP contribution >= 0.6 is 0 Å². The number of anilines is 3. The van der Waals surface area contributed by atoms with E-state index < -0.39 is 0 Å². The molecule has 6 nitrogen and oxygen atoms in total. The summed E-state index contributed by atoms with van der Waals surface area (Å²) >= 11 is 0. The molecule has 0 bridgehead atoms. The zero-order valence-electron chi connectivity index (χ0n) is 12.3. The molecule has 0 fully saturated rings. The van der Waals surface area contributed by atoms with Crippen LogP contribution in [-0.2, 0) is 0 Å². The van der Waals surface area contributed by atoms with Gasteiger partial charge in [-0.3, -0.25) is 0 Å². The van der Waals surface area contributed by atoms with Gasteiger partial charge in [-0.2, -0.15) is 0 Å². The smallest absolute Gasteiger partial charge is 0.175 e. The van der Waals surface area contributed by atoms with Crippen LogP contribution in [0.5, 0.6) is 0 Å². The van der Waals surface area contributed by atoms with Gasteiger partial charge in [0.15, 0.2) is 5.82 Å². The minimum absolute atomic E-state index is 0.657. The maximum Gasteiger partial charge on any atom is 0.175 e. The van der Waals surface area contributed by atoms with Gasteiger partial charge in [-0.05, 0) is 19.8 Å². The van der Waals surface area contributed by atoms with E-state index in [1.54, 1.807) is 6.33 Å². The molecule has 1 N–H and O–H groups in total. The second-order valence-electron chi connectivity index (χ2n) is 4.70. The molecule has 0 saturated heterocycles. The Morgan fingerprint density at radius 3 is 2.45 bits per heavy atom. The molecular formula is C14H21N5O. The van der Waals surface area contributed by atoms with Crippen LogP contribution in [0.4, 0.5) is 17.5 Å². The third-order valence-corrected chi connectivity index (χ3v) is 2.85. The lowest BCUT2D eigenvalue weighted by Crippen LogP contribution is -2.25. The summed E-state index contributed by atoms with van der Waals surface area (Å²) in [5, 5.41) is 7.02. The van der Waals surface area contributed by atoms with Crippen molar-refractivity contribution in [1.29, 1.82) is 0 Å². The van der Waals surface area contributed by atoms with Gasteiger partial charge in [-0.15, -0.1) is 0 Å². The van der Waals surface area contributed by atoms with E-state index >= 15 is 0 Å². The van der Waals surface area contributed by atoms with Gasteiger partial charge in [0.1, 0.15) is 23.7 Å². The van der Waals surface area contributed by atoms with Crippen molar-refractivity contribution in [1.82, 2.24) is 15.1 Å². The lowest BCUT2D eigenvalue weighted by molar-refractivity contribution is 0.400. The van der Waals surface area contributed by atoms with Crippen LogP contribution in [0.1, 0.15) is 32.4 Å². The first-order valence-corrected chi connectivity index (χ1v) is 7.00. The summed E-state index contributed by atoms with van der Waals surface area (Å²) in [5.74, 6) is 3.08. The zero-order valence-corrected chi connectivity index (χ0v) is 12.3. The third kappa shape index (κ3) is 3.69. The Labute approximate surface area is 119 Å². The summed E-state index contributed by atoms with van der Waals surface area (Å²) in [6.45, 7) is 8.18. The normalized spacial score (nSPS) is 10.6. The first kappa shape index (κ1) is 14.3. The Kier molecular flexibility index (Phi) is 4.92. The fourth-order valence-corrected chi connectivity index (χ4v) is 2.03. The van der Waals surface area contributed by atoms with Crippen LogP contribution < -0.4 is 10.2 Å². The summed E-state index contributed by atoms with van der Waals surface area (Å²) in [7, 11) is 0. The molecule has 2 aromatic heterocycles. The quantitative estimate of drug-likeness (QED) is 0.837. The molecular weight excluding hydrogens is 254 g/mol. The maximum atomic E-state index is 5.03. The van der Waals surface area contributed by atoms with Crippen molar-refractivity contribution in [3.63, 3.8) is 0 Å². The van der Waals surface area contributed by atoms with E-state index in [2.05, 4.69) is 39.2 Å². The maximum absolute atomic E-state index is 5.03. The topological polar surface area (TPSA) is 67.1 Å². The van der Waals surface area contributed by atoms with E-state index in [9.17, 15) is 0 Å². The van der Waals surface area contributed by atoms with Crippen molar-refractivity contribution in [3.05, 3.63) is 24.2 Å². The molecule has 0 aromatic carbocycles. The highest BCUT2D eigenvalue weighted by Gasteiger charge is 2.08. The number of nitrogens with one attached hydrogen (secondary N) is 1. The first-order valence-electron chi connectivity index (χ1n) is 7.00. The van der Waals surface area contributed by atoms with Gasteiger partial charge in [0.05, 0.1) is 0 Å². The number of hydrogen-bond donors (Lipinski definition) is 1. The van der Waals surface area contributed by atoms with E-state index in [0.717, 1.165) is 43.3 Å². The molecule has 0 aliphatic rings. The van der Waals surface area contributed by atoms with Gasteiger partial charge >= 0.3 is 0 Å². The van der Waals surface area contributed by atoms with Crippen LogP contribution in [-0.4, -0.2) is 28.2 Å². The van der Waals surface area contributed by atoms with Crippen LogP contribution in [0.2, 0.25) is 0 Å². The number of hydrogen-bond acceptors (Lipinski definition) is 6. The molecule has 20 heavy (non-hydrogen) atoms. The Morgan fingerprint density at radius 1 is 1.10 bits per heavy atom. The number of nitrogens with zero attached hydrogens (tertiary/aromatic N) is 4. The molecule has 6 heteroatoms. The molecule has 0 amide bonds. The Balaban J connectivity index is 2.13. The highest BCUT2D eigenvalue weighted by Crippen LogP contribution is 2.18. The number of aromatic nitrogens is 3. The molecule has 0 atom stereocenters. The van der Waals surface area contributed by atoms with E-state index in [1.807, 2.05) is 19.1 Å². The number of rotatable bonds is 7. The van der Waals surface area contributed by atoms with Gasteiger partial charge in [0, 0.05) is 25.2 Å². The zero-order chi connectivity index (χ0) is 14.4. The predicted molar refractivity (Wildman–Crippen MR) is 79.3 cm³/mol. The molecule has 108 valence electrons. The monoisotopic (exact) mass is 275 g/mol. The molecule has 0 spiro atoms. The minimum atomic E-state index is 0.657. The molecule has 0 saturated carbocycles. The molecule has 0 aliphatic carbocycles. The van der Waals surface area contributed by atoms with Gasteiger partial charge in [0.2, 0.25) is 0 Å². The third-order valence-electron chi connectivity index (χ3n) is 2.85. The fourth-order valence-electron chi connectivity index (χ4n) is 2.03. The molecule has 0 aliphatic heterocycles. The van der Waals surface area contributed by atoms with Gasteiger partial charge < -0.3 is 14.7 Å². The molecule has 0 radical (unpaired) electrons. The van der Waals surface area contributed by atoms with E-state index in [-0.39, 0.29) is 0 Å². The average Bonchev–Trinajstić information content (AvgIpc) is 2.84. The lowest BCUT2D eigenvalue weighted by atomic mass is 10.3. The van der Waals surface area contributed by atoms with Crippen LogP contribution in [0.25, 0.3) is 0 Å². The van der Waals surface area contributed by atoms with Crippen molar-refractivity contribution in [3.8, 4) is 0 Å². The number of aryl methyl sites for hydroxylation is 1. The lowest BCUT2D eigenvalue weighted by Gasteiger charge is -2.22. The van der Waals surface area contributed by atoms with Gasteiger partial charge in [-0.1, -0.05) is 19.0 Å². The average molecular weight is 275 g/mol. The van der Waals surface area contributed by atoms with Crippen molar-refractivity contribution < 1.29 is 4.52 Å². The van der Waals surface area contributed by atoms with Crippen LogP contribution in [0, 0.1) is 6.92 Å². The largest absolute Gasteiger partial charge is 0.360 e. The summed E-state index contributed by atoms with van der Waals surface area (Å²) < 4.78 is 5.03. The summed E-state index contributed by atoms with van der Waals surface area (Å²) in [6, 6.07) is 3.77. The highest BCUT2D eigenvalue weighted by molar-refractivity contribution is 5.56. The molecule has 2 rings (SSSR count). The summed E-state index contributed by atoms with van der Waals surface area (Å²) in [4.78, 5) is 10.8. The van der Waals surface area contributed by atoms with E-state index in [4.69, 9.17) is 4.52 Å². The predicted octanol–water partition coefficient (Wildman–Crippen LogP) is 3.14. The van der Waals surface area contributed by atoms with E-state index in [0.29, 0.717) is 5.82 Å². The highest BCUT2D eigenvalue weighted by atomic mass is 16.5. The van der Waals surface area contributed by atoms with Crippen molar-refractivity contribution >= 4 is 17.5 Å². The molecule has 0 unspecified atom stereocenters. The SMILES string of the molecule is CCCN(CCC)c1cc(Nc2cc(C)on2)ncn1. The minimum Gasteiger partial charge on any atom is -0.360 e. The first-order chi connectivity index (χ1) is 9.72. The molecule has 2 aromatic rings. The second kappa shape index (κ2) is 6.88. The van der Waals surface area contributed by atoms with E-state index in [1.165, 1.54) is 0 Å². The van der Waals surface area contributed by atoms with Crippen molar-refractivity contribution in [2.75, 3.05) is 23.3 Å². The molecule has 2 heterocycles. The second-order valence-corrected chi connectivity index (χ2v) is 4.70. The van der Waals surface area contributed by atoms with Crippen molar-refractivity contribution in [2.24, 2.45) is 0 Å². The van der Waals surface area contributed by atoms with Crippen LogP contribution in [0.15, 0.2) is 23.0 Å². The van der Waals surface area contributed by atoms with Gasteiger partial charge in [0.25, 0.3) is 0 Å². The van der Waals surface area contributed by atoms with Crippen molar-refractivity contribution in [2.45, 2.75) is 33.6 Å². The standard InChI is InChI=1S/C14H21N5O/c1-4-6-19(7-5-2)14-9-12(15-10-16-14)17-13-8-11(3)20-18-13/h8-10H,4-7H2,1-3H3,(H,15,16,17,18). The Bertz CT molecular complexity index is 534.